The number of hydrogen-bond donors (Lipinski definition) is 0. The van der Waals surface area contributed by atoms with Crippen LogP contribution in [0.1, 0.15) is 5.56 Å². The van der Waals surface area contributed by atoms with Crippen LogP contribution in [0.5, 0.6) is 0 Å². The van der Waals surface area contributed by atoms with E-state index >= 15 is 0 Å². The van der Waals surface area contributed by atoms with Gasteiger partial charge in [0.15, 0.2) is 0 Å². The fourth-order valence-electron chi connectivity index (χ4n) is 1.29. The average molecular weight is 203 g/mol. The van der Waals surface area contributed by atoms with Crippen LogP contribution >= 0.6 is 0 Å². The number of para-hydroxylation sites is 1. The molecule has 76 valence electrons. The van der Waals surface area contributed by atoms with Gasteiger partial charge in [0.05, 0.1) is 17.2 Å². The minimum Gasteiger partial charge on any atom is -0.463 e. The lowest BCUT2D eigenvalue weighted by atomic mass is 10.2. The first kappa shape index (κ1) is 9.45. The molecule has 4 heteroatoms. The van der Waals surface area contributed by atoms with E-state index in [1.807, 2.05) is 6.07 Å². The highest BCUT2D eigenvalue weighted by atomic mass is 16.6. The van der Waals surface area contributed by atoms with Crippen LogP contribution in [0.25, 0.3) is 11.0 Å². The summed E-state index contributed by atoms with van der Waals surface area (Å²) in [5, 5.41) is 4.06. The van der Waals surface area contributed by atoms with Crippen molar-refractivity contribution < 1.29 is 9.25 Å². The van der Waals surface area contributed by atoms with Crippen molar-refractivity contribution >= 4 is 17.2 Å². The Morgan fingerprint density at radius 1 is 1.40 bits per heavy atom. The van der Waals surface area contributed by atoms with E-state index in [4.69, 9.17) is 4.42 Å². The van der Waals surface area contributed by atoms with E-state index in [9.17, 15) is 4.79 Å². The topological polar surface area (TPSA) is 51.8 Å². The predicted molar refractivity (Wildman–Crippen MR) is 57.1 cm³/mol. The summed E-state index contributed by atoms with van der Waals surface area (Å²) in [5.74, 6) is 0. The zero-order chi connectivity index (χ0) is 10.7. The van der Waals surface area contributed by atoms with Crippen molar-refractivity contribution in [1.29, 1.82) is 0 Å². The summed E-state index contributed by atoms with van der Waals surface area (Å²) < 4.78 is 5.27. The van der Waals surface area contributed by atoms with E-state index in [-0.39, 0.29) is 5.43 Å². The lowest BCUT2D eigenvalue weighted by Gasteiger charge is -1.96. The van der Waals surface area contributed by atoms with Gasteiger partial charge >= 0.3 is 0 Å². The van der Waals surface area contributed by atoms with Crippen LogP contribution in [0.4, 0.5) is 0 Å². The summed E-state index contributed by atoms with van der Waals surface area (Å²) in [5.41, 5.74) is 0.824. The third-order valence-corrected chi connectivity index (χ3v) is 2.00. The Hall–Kier alpha value is -2.10. The Morgan fingerprint density at radius 2 is 2.20 bits per heavy atom. The number of rotatable bonds is 2. The molecule has 15 heavy (non-hydrogen) atoms. The largest absolute Gasteiger partial charge is 0.463 e. The van der Waals surface area contributed by atoms with Crippen LogP contribution in [0.2, 0.25) is 0 Å². The Labute approximate surface area is 85.8 Å². The number of fused-ring (bicyclic) bond motifs is 1. The van der Waals surface area contributed by atoms with Gasteiger partial charge in [-0.15, -0.1) is 0 Å². The second-order valence-electron chi connectivity index (χ2n) is 2.93. The highest BCUT2D eigenvalue weighted by molar-refractivity contribution is 5.85. The van der Waals surface area contributed by atoms with E-state index in [1.165, 1.54) is 19.6 Å². The standard InChI is InChI=1S/C11H9NO3/c1-14-12-6-8-7-15-10-5-3-2-4-9(10)11(8)13/h2-7H,1H3/b12-6+. The average Bonchev–Trinajstić information content (AvgIpc) is 2.29. The highest BCUT2D eigenvalue weighted by Gasteiger charge is 2.03. The maximum absolute atomic E-state index is 11.8. The molecule has 2 rings (SSSR count). The van der Waals surface area contributed by atoms with Gasteiger partial charge in [0.25, 0.3) is 0 Å². The first-order valence-electron chi connectivity index (χ1n) is 4.40. The van der Waals surface area contributed by atoms with Gasteiger partial charge in [-0.2, -0.15) is 0 Å². The summed E-state index contributed by atoms with van der Waals surface area (Å²) in [6, 6.07) is 7.06. The monoisotopic (exact) mass is 203 g/mol. The van der Waals surface area contributed by atoms with Crippen molar-refractivity contribution in [1.82, 2.24) is 0 Å². The lowest BCUT2D eigenvalue weighted by Crippen LogP contribution is -2.07. The summed E-state index contributed by atoms with van der Waals surface area (Å²) in [6.45, 7) is 0. The van der Waals surface area contributed by atoms with E-state index in [0.29, 0.717) is 16.5 Å². The third-order valence-electron chi connectivity index (χ3n) is 2.00. The molecule has 0 amide bonds. The highest BCUT2D eigenvalue weighted by Crippen LogP contribution is 2.09. The molecule has 0 aliphatic carbocycles. The fourth-order valence-corrected chi connectivity index (χ4v) is 1.29. The molecule has 0 aliphatic heterocycles. The van der Waals surface area contributed by atoms with Crippen molar-refractivity contribution in [3.63, 3.8) is 0 Å². The molecule has 0 unspecified atom stereocenters. The van der Waals surface area contributed by atoms with E-state index in [1.54, 1.807) is 18.2 Å². The summed E-state index contributed by atoms with van der Waals surface area (Å²) >= 11 is 0. The van der Waals surface area contributed by atoms with E-state index in [0.717, 1.165) is 0 Å². The van der Waals surface area contributed by atoms with Crippen LogP contribution < -0.4 is 5.43 Å². The van der Waals surface area contributed by atoms with Gasteiger partial charge in [0.1, 0.15) is 19.0 Å². The Bertz CT molecular complexity index is 557. The molecule has 0 radical (unpaired) electrons. The van der Waals surface area contributed by atoms with Crippen molar-refractivity contribution in [3.8, 4) is 0 Å². The van der Waals surface area contributed by atoms with Crippen molar-refractivity contribution in [2.45, 2.75) is 0 Å². The Morgan fingerprint density at radius 3 is 3.00 bits per heavy atom. The Balaban J connectivity index is 2.65. The van der Waals surface area contributed by atoms with Crippen LogP contribution in [0.15, 0.2) is 44.9 Å². The zero-order valence-electron chi connectivity index (χ0n) is 8.14. The molecule has 0 bridgehead atoms. The van der Waals surface area contributed by atoms with Gasteiger partial charge in [-0.3, -0.25) is 4.79 Å². The van der Waals surface area contributed by atoms with Crippen LogP contribution in [0, 0.1) is 0 Å². The lowest BCUT2D eigenvalue weighted by molar-refractivity contribution is 0.215. The van der Waals surface area contributed by atoms with Gasteiger partial charge in [-0.1, -0.05) is 17.3 Å². The van der Waals surface area contributed by atoms with Gasteiger partial charge in [-0.05, 0) is 12.1 Å². The summed E-state index contributed by atoms with van der Waals surface area (Å²) in [6.07, 6.45) is 2.70. The molecule has 0 aliphatic rings. The SMILES string of the molecule is CO/N=C/c1coc2ccccc2c1=O. The molecule has 0 atom stereocenters. The van der Waals surface area contributed by atoms with Crippen LogP contribution in [0.3, 0.4) is 0 Å². The molecule has 1 aromatic carbocycles. The van der Waals surface area contributed by atoms with Crippen molar-refractivity contribution in [2.75, 3.05) is 7.11 Å². The summed E-state index contributed by atoms with van der Waals surface area (Å²) in [4.78, 5) is 16.3. The first-order valence-corrected chi connectivity index (χ1v) is 4.40. The smallest absolute Gasteiger partial charge is 0.201 e. The molecule has 0 N–H and O–H groups in total. The number of oxime groups is 1. The number of benzene rings is 1. The molecule has 0 fully saturated rings. The molecule has 0 saturated heterocycles. The molecule has 0 saturated carbocycles. The second-order valence-corrected chi connectivity index (χ2v) is 2.93. The number of nitrogens with zero attached hydrogens (tertiary/aromatic N) is 1. The molecule has 1 aromatic heterocycles. The molecule has 0 spiro atoms. The van der Waals surface area contributed by atoms with E-state index in [2.05, 4.69) is 9.99 Å². The number of hydrogen-bond acceptors (Lipinski definition) is 4. The van der Waals surface area contributed by atoms with Crippen molar-refractivity contribution in [2.24, 2.45) is 5.16 Å². The maximum Gasteiger partial charge on any atom is 0.201 e. The zero-order valence-corrected chi connectivity index (χ0v) is 8.14. The van der Waals surface area contributed by atoms with Gasteiger partial charge in [0.2, 0.25) is 5.43 Å². The summed E-state index contributed by atoms with van der Waals surface area (Å²) in [7, 11) is 1.42. The van der Waals surface area contributed by atoms with Gasteiger partial charge < -0.3 is 9.25 Å². The first-order chi connectivity index (χ1) is 7.33. The minimum atomic E-state index is -0.113. The van der Waals surface area contributed by atoms with Crippen molar-refractivity contribution in [3.05, 3.63) is 46.3 Å². The second kappa shape index (κ2) is 3.96. The van der Waals surface area contributed by atoms with E-state index < -0.39 is 0 Å². The molecule has 1 heterocycles. The third kappa shape index (κ3) is 1.74. The normalized spacial score (nSPS) is 11.0. The van der Waals surface area contributed by atoms with Gasteiger partial charge in [-0.25, -0.2) is 0 Å². The minimum absolute atomic E-state index is 0.113. The predicted octanol–water partition coefficient (Wildman–Crippen LogP) is 1.77. The quantitative estimate of drug-likeness (QED) is 0.552. The fraction of sp³-hybridized carbons (Fsp3) is 0.0909. The molecular weight excluding hydrogens is 194 g/mol. The van der Waals surface area contributed by atoms with Crippen LogP contribution in [-0.4, -0.2) is 13.3 Å². The molecular formula is C11H9NO3. The maximum atomic E-state index is 11.8. The molecule has 2 aromatic rings. The van der Waals surface area contributed by atoms with Crippen LogP contribution in [-0.2, 0) is 4.84 Å². The van der Waals surface area contributed by atoms with Gasteiger partial charge in [0, 0.05) is 0 Å². The Kier molecular flexibility index (Phi) is 2.49. The molecule has 4 nitrogen and oxygen atoms in total.